The van der Waals surface area contributed by atoms with E-state index in [4.69, 9.17) is 16.3 Å². The zero-order valence-electron chi connectivity index (χ0n) is 12.7. The molecular formula is C16H20ClNO4. The van der Waals surface area contributed by atoms with Crippen molar-refractivity contribution in [2.75, 3.05) is 6.54 Å². The van der Waals surface area contributed by atoms with Crippen LogP contribution in [0.5, 0.6) is 5.75 Å². The van der Waals surface area contributed by atoms with E-state index in [0.717, 1.165) is 6.42 Å². The highest BCUT2D eigenvalue weighted by atomic mass is 35.5. The van der Waals surface area contributed by atoms with Crippen LogP contribution in [0.25, 0.3) is 0 Å². The van der Waals surface area contributed by atoms with E-state index in [-0.39, 0.29) is 5.91 Å². The number of halogens is 1. The molecule has 120 valence electrons. The topological polar surface area (TPSA) is 66.8 Å². The van der Waals surface area contributed by atoms with E-state index in [1.165, 1.54) is 4.90 Å². The highest BCUT2D eigenvalue weighted by molar-refractivity contribution is 6.32. The summed E-state index contributed by atoms with van der Waals surface area (Å²) < 4.78 is 5.60. The number of hydrogen-bond acceptors (Lipinski definition) is 3. The lowest BCUT2D eigenvalue weighted by Gasteiger charge is -2.37. The van der Waals surface area contributed by atoms with Gasteiger partial charge in [-0.3, -0.25) is 4.79 Å². The molecule has 0 radical (unpaired) electrons. The molecule has 1 heterocycles. The molecule has 0 aliphatic carbocycles. The molecule has 22 heavy (non-hydrogen) atoms. The van der Waals surface area contributed by atoms with Crippen LogP contribution in [0.15, 0.2) is 24.3 Å². The van der Waals surface area contributed by atoms with Crippen molar-refractivity contribution >= 4 is 23.5 Å². The van der Waals surface area contributed by atoms with Gasteiger partial charge < -0.3 is 14.7 Å². The predicted octanol–water partition coefficient (Wildman–Crippen LogP) is 2.82. The SMILES string of the molecule is CC1CCN(C(=O)C(C)Oc2ccccc2Cl)C(C(=O)O)C1. The molecule has 1 aromatic carbocycles. The van der Waals surface area contributed by atoms with E-state index in [2.05, 4.69) is 0 Å². The number of ether oxygens (including phenoxy) is 1. The van der Waals surface area contributed by atoms with Gasteiger partial charge in [-0.25, -0.2) is 4.79 Å². The summed E-state index contributed by atoms with van der Waals surface area (Å²) in [6.07, 6.45) is 0.490. The number of aliphatic carboxylic acids is 1. The van der Waals surface area contributed by atoms with E-state index >= 15 is 0 Å². The molecular weight excluding hydrogens is 306 g/mol. The van der Waals surface area contributed by atoms with E-state index in [1.54, 1.807) is 31.2 Å². The van der Waals surface area contributed by atoms with Gasteiger partial charge in [0.05, 0.1) is 5.02 Å². The first kappa shape index (κ1) is 16.6. The maximum absolute atomic E-state index is 12.5. The zero-order chi connectivity index (χ0) is 16.3. The molecule has 1 saturated heterocycles. The number of carboxylic acids is 1. The van der Waals surface area contributed by atoms with E-state index < -0.39 is 18.1 Å². The van der Waals surface area contributed by atoms with Crippen molar-refractivity contribution in [3.05, 3.63) is 29.3 Å². The summed E-state index contributed by atoms with van der Waals surface area (Å²) >= 11 is 6.01. The van der Waals surface area contributed by atoms with Crippen LogP contribution in [-0.2, 0) is 9.59 Å². The molecule has 1 fully saturated rings. The fraction of sp³-hybridized carbons (Fsp3) is 0.500. The van der Waals surface area contributed by atoms with Crippen molar-refractivity contribution < 1.29 is 19.4 Å². The van der Waals surface area contributed by atoms with Crippen LogP contribution >= 0.6 is 11.6 Å². The quantitative estimate of drug-likeness (QED) is 0.924. The van der Waals surface area contributed by atoms with Gasteiger partial charge in [0.2, 0.25) is 0 Å². The summed E-state index contributed by atoms with van der Waals surface area (Å²) in [6, 6.07) is 6.11. The Morgan fingerprint density at radius 3 is 2.73 bits per heavy atom. The number of hydrogen-bond donors (Lipinski definition) is 1. The fourth-order valence-electron chi connectivity index (χ4n) is 2.65. The average Bonchev–Trinajstić information content (AvgIpc) is 2.48. The molecule has 3 atom stereocenters. The normalized spacial score (nSPS) is 23.0. The number of likely N-dealkylation sites (tertiary alicyclic amines) is 1. The van der Waals surface area contributed by atoms with Crippen LogP contribution in [0.1, 0.15) is 26.7 Å². The maximum atomic E-state index is 12.5. The third-order valence-electron chi connectivity index (χ3n) is 3.92. The minimum absolute atomic E-state index is 0.296. The zero-order valence-corrected chi connectivity index (χ0v) is 13.4. The molecule has 0 saturated carbocycles. The summed E-state index contributed by atoms with van der Waals surface area (Å²) in [5, 5.41) is 9.76. The van der Waals surface area contributed by atoms with Gasteiger partial charge in [-0.15, -0.1) is 0 Å². The van der Waals surface area contributed by atoms with Gasteiger partial charge in [-0.2, -0.15) is 0 Å². The standard InChI is InChI=1S/C16H20ClNO4/c1-10-7-8-18(13(9-10)16(20)21)15(19)11(2)22-14-6-4-3-5-12(14)17/h3-6,10-11,13H,7-9H2,1-2H3,(H,20,21). The van der Waals surface area contributed by atoms with E-state index in [1.807, 2.05) is 6.92 Å². The number of carbonyl (C=O) groups excluding carboxylic acids is 1. The lowest BCUT2D eigenvalue weighted by Crippen LogP contribution is -2.53. The van der Waals surface area contributed by atoms with Crippen LogP contribution < -0.4 is 4.74 Å². The van der Waals surface area contributed by atoms with Crippen LogP contribution in [0.4, 0.5) is 0 Å². The molecule has 1 N–H and O–H groups in total. The van der Waals surface area contributed by atoms with Crippen molar-refractivity contribution in [3.8, 4) is 5.75 Å². The van der Waals surface area contributed by atoms with Crippen molar-refractivity contribution in [3.63, 3.8) is 0 Å². The Bertz CT molecular complexity index is 563. The first-order chi connectivity index (χ1) is 10.4. The van der Waals surface area contributed by atoms with Crippen molar-refractivity contribution in [1.29, 1.82) is 0 Å². The Hall–Kier alpha value is -1.75. The monoisotopic (exact) mass is 325 g/mol. The summed E-state index contributed by atoms with van der Waals surface area (Å²) in [5.41, 5.74) is 0. The Morgan fingerprint density at radius 1 is 1.41 bits per heavy atom. The number of benzene rings is 1. The number of para-hydroxylation sites is 1. The van der Waals surface area contributed by atoms with Gasteiger partial charge >= 0.3 is 5.97 Å². The second-order valence-corrected chi connectivity index (χ2v) is 6.11. The van der Waals surface area contributed by atoms with Crippen LogP contribution in [0.3, 0.4) is 0 Å². The second-order valence-electron chi connectivity index (χ2n) is 5.71. The summed E-state index contributed by atoms with van der Waals surface area (Å²) in [4.78, 5) is 25.3. The van der Waals surface area contributed by atoms with E-state index in [9.17, 15) is 14.7 Å². The molecule has 1 amide bonds. The van der Waals surface area contributed by atoms with Gasteiger partial charge in [-0.1, -0.05) is 30.7 Å². The Labute approximate surface area is 134 Å². The summed E-state index contributed by atoms with van der Waals surface area (Å²) in [5.74, 6) is -0.573. The molecule has 0 aromatic heterocycles. The molecule has 3 unspecified atom stereocenters. The highest BCUT2D eigenvalue weighted by Gasteiger charge is 2.37. The Morgan fingerprint density at radius 2 is 2.09 bits per heavy atom. The Kier molecular flexibility index (Phi) is 5.29. The molecule has 1 aliphatic heterocycles. The number of carboxylic acid groups (broad SMARTS) is 1. The number of rotatable bonds is 4. The van der Waals surface area contributed by atoms with Crippen LogP contribution in [0.2, 0.25) is 5.02 Å². The second kappa shape index (κ2) is 7.01. The van der Waals surface area contributed by atoms with Crippen molar-refractivity contribution in [2.24, 2.45) is 5.92 Å². The highest BCUT2D eigenvalue weighted by Crippen LogP contribution is 2.27. The number of piperidine rings is 1. The van der Waals surface area contributed by atoms with Gasteiger partial charge in [0.25, 0.3) is 5.91 Å². The number of carbonyl (C=O) groups is 2. The smallest absolute Gasteiger partial charge is 0.326 e. The van der Waals surface area contributed by atoms with Crippen LogP contribution in [-0.4, -0.2) is 40.6 Å². The lowest BCUT2D eigenvalue weighted by molar-refractivity contribution is -0.156. The van der Waals surface area contributed by atoms with E-state index in [0.29, 0.717) is 29.7 Å². The average molecular weight is 326 g/mol. The first-order valence-electron chi connectivity index (χ1n) is 7.34. The van der Waals surface area contributed by atoms with Crippen molar-refractivity contribution in [1.82, 2.24) is 4.90 Å². The van der Waals surface area contributed by atoms with Gasteiger partial charge in [0.15, 0.2) is 6.10 Å². The van der Waals surface area contributed by atoms with Gasteiger partial charge in [0, 0.05) is 6.54 Å². The van der Waals surface area contributed by atoms with Crippen LogP contribution in [0, 0.1) is 5.92 Å². The maximum Gasteiger partial charge on any atom is 0.326 e. The lowest BCUT2D eigenvalue weighted by atomic mass is 9.92. The molecule has 6 heteroatoms. The minimum Gasteiger partial charge on any atom is -0.480 e. The third kappa shape index (κ3) is 3.71. The molecule has 5 nitrogen and oxygen atoms in total. The van der Waals surface area contributed by atoms with Gasteiger partial charge in [-0.05, 0) is 37.8 Å². The third-order valence-corrected chi connectivity index (χ3v) is 4.23. The molecule has 2 rings (SSSR count). The molecule has 1 aliphatic rings. The fourth-order valence-corrected chi connectivity index (χ4v) is 2.83. The molecule has 0 bridgehead atoms. The number of nitrogens with zero attached hydrogens (tertiary/aromatic N) is 1. The molecule has 1 aromatic rings. The Balaban J connectivity index is 2.09. The number of amides is 1. The summed E-state index contributed by atoms with van der Waals surface area (Å²) in [6.45, 7) is 4.05. The predicted molar refractivity (Wildman–Crippen MR) is 83.1 cm³/mol. The van der Waals surface area contributed by atoms with Crippen molar-refractivity contribution in [2.45, 2.75) is 38.8 Å². The largest absolute Gasteiger partial charge is 0.480 e. The minimum atomic E-state index is -0.968. The molecule has 0 spiro atoms. The summed E-state index contributed by atoms with van der Waals surface area (Å²) in [7, 11) is 0. The van der Waals surface area contributed by atoms with Gasteiger partial charge in [0.1, 0.15) is 11.8 Å². The first-order valence-corrected chi connectivity index (χ1v) is 7.72.